The largest absolute Gasteiger partial charge is 0.341 e. The van der Waals surface area contributed by atoms with E-state index in [0.717, 1.165) is 32.4 Å². The van der Waals surface area contributed by atoms with E-state index in [4.69, 9.17) is 5.73 Å². The van der Waals surface area contributed by atoms with Crippen molar-refractivity contribution in [1.82, 2.24) is 4.90 Å². The van der Waals surface area contributed by atoms with Crippen LogP contribution in [0.4, 0.5) is 0 Å². The van der Waals surface area contributed by atoms with Crippen molar-refractivity contribution in [2.45, 2.75) is 59.4 Å². The van der Waals surface area contributed by atoms with Crippen LogP contribution in [-0.4, -0.2) is 29.9 Å². The highest BCUT2D eigenvalue weighted by atomic mass is 16.2. The van der Waals surface area contributed by atoms with E-state index in [-0.39, 0.29) is 6.04 Å². The second-order valence-corrected chi connectivity index (χ2v) is 6.22. The lowest BCUT2D eigenvalue weighted by molar-refractivity contribution is -0.131. The summed E-state index contributed by atoms with van der Waals surface area (Å²) in [5.74, 6) is 2.17. The smallest absolute Gasteiger partial charge is 0.222 e. The Hall–Kier alpha value is -0.570. The molecule has 106 valence electrons. The van der Waals surface area contributed by atoms with Gasteiger partial charge in [0.25, 0.3) is 0 Å². The van der Waals surface area contributed by atoms with Gasteiger partial charge in [-0.25, -0.2) is 0 Å². The van der Waals surface area contributed by atoms with Gasteiger partial charge in [-0.2, -0.15) is 0 Å². The normalized spacial score (nSPS) is 25.1. The molecular weight excluding hydrogens is 224 g/mol. The molecule has 0 spiro atoms. The van der Waals surface area contributed by atoms with Gasteiger partial charge in [-0.3, -0.25) is 4.79 Å². The van der Waals surface area contributed by atoms with Gasteiger partial charge in [0.1, 0.15) is 0 Å². The zero-order valence-electron chi connectivity index (χ0n) is 12.5. The number of carbonyl (C=O) groups excluding carboxylic acids is 1. The molecule has 1 aliphatic heterocycles. The van der Waals surface area contributed by atoms with Gasteiger partial charge in [-0.15, -0.1) is 0 Å². The third-order valence-corrected chi connectivity index (χ3v) is 4.60. The fourth-order valence-electron chi connectivity index (χ4n) is 2.65. The molecule has 0 aliphatic carbocycles. The summed E-state index contributed by atoms with van der Waals surface area (Å²) < 4.78 is 0. The van der Waals surface area contributed by atoms with Crippen LogP contribution in [0.3, 0.4) is 0 Å². The molecule has 0 aromatic heterocycles. The maximum atomic E-state index is 12.1. The average molecular weight is 254 g/mol. The Bertz CT molecular complexity index is 265. The molecule has 1 heterocycles. The summed E-state index contributed by atoms with van der Waals surface area (Å²) in [7, 11) is 0. The minimum Gasteiger partial charge on any atom is -0.341 e. The molecule has 3 nitrogen and oxygen atoms in total. The Kier molecular flexibility index (Phi) is 6.13. The summed E-state index contributed by atoms with van der Waals surface area (Å²) in [6.07, 6.45) is 3.97. The Morgan fingerprint density at radius 3 is 2.56 bits per heavy atom. The lowest BCUT2D eigenvalue weighted by Crippen LogP contribution is -2.44. The predicted molar refractivity (Wildman–Crippen MR) is 76.2 cm³/mol. The zero-order valence-corrected chi connectivity index (χ0v) is 12.5. The van der Waals surface area contributed by atoms with Gasteiger partial charge in [0.05, 0.1) is 0 Å². The molecule has 2 N–H and O–H groups in total. The first kappa shape index (κ1) is 15.5. The summed E-state index contributed by atoms with van der Waals surface area (Å²) in [5.41, 5.74) is 6.17. The minimum atomic E-state index is 0.120. The molecule has 1 amide bonds. The number of likely N-dealkylation sites (tertiary alicyclic amines) is 1. The molecule has 3 atom stereocenters. The van der Waals surface area contributed by atoms with E-state index in [0.29, 0.717) is 30.1 Å². The Balaban J connectivity index is 2.53. The molecule has 1 rings (SSSR count). The molecule has 1 saturated heterocycles. The lowest BCUT2D eigenvalue weighted by Gasteiger charge is -2.27. The van der Waals surface area contributed by atoms with Gasteiger partial charge in [-0.05, 0) is 30.6 Å². The zero-order chi connectivity index (χ0) is 13.7. The average Bonchev–Trinajstić information content (AvgIpc) is 2.51. The van der Waals surface area contributed by atoms with E-state index in [1.807, 2.05) is 4.90 Å². The number of carbonyl (C=O) groups is 1. The SMILES string of the molecule is CCC(C)C(N)CN1CCC(C(C)C)CCC1=O. The number of hydrogen-bond donors (Lipinski definition) is 1. The highest BCUT2D eigenvalue weighted by Gasteiger charge is 2.26. The Morgan fingerprint density at radius 1 is 1.33 bits per heavy atom. The van der Waals surface area contributed by atoms with Crippen LogP contribution < -0.4 is 5.73 Å². The Labute approximate surface area is 112 Å². The third kappa shape index (κ3) is 4.27. The summed E-state index contributed by atoms with van der Waals surface area (Å²) in [4.78, 5) is 14.1. The number of hydrogen-bond acceptors (Lipinski definition) is 2. The van der Waals surface area contributed by atoms with Gasteiger partial charge < -0.3 is 10.6 Å². The number of amides is 1. The molecule has 3 unspecified atom stereocenters. The van der Waals surface area contributed by atoms with E-state index >= 15 is 0 Å². The van der Waals surface area contributed by atoms with Crippen LogP contribution in [0.15, 0.2) is 0 Å². The van der Waals surface area contributed by atoms with E-state index in [9.17, 15) is 4.79 Å². The maximum Gasteiger partial charge on any atom is 0.222 e. The third-order valence-electron chi connectivity index (χ3n) is 4.60. The fraction of sp³-hybridized carbons (Fsp3) is 0.933. The van der Waals surface area contributed by atoms with Gasteiger partial charge in [0.15, 0.2) is 0 Å². The van der Waals surface area contributed by atoms with Crippen molar-refractivity contribution >= 4 is 5.91 Å². The molecular formula is C15H30N2O. The van der Waals surface area contributed by atoms with Crippen LogP contribution in [0.1, 0.15) is 53.4 Å². The summed E-state index contributed by atoms with van der Waals surface area (Å²) in [6.45, 7) is 10.5. The number of nitrogens with two attached hydrogens (primary N) is 1. The second-order valence-electron chi connectivity index (χ2n) is 6.22. The van der Waals surface area contributed by atoms with Gasteiger partial charge in [0.2, 0.25) is 5.91 Å². The molecule has 0 saturated carbocycles. The van der Waals surface area contributed by atoms with Crippen LogP contribution in [0.25, 0.3) is 0 Å². The number of rotatable bonds is 5. The quantitative estimate of drug-likeness (QED) is 0.820. The van der Waals surface area contributed by atoms with Crippen LogP contribution in [0, 0.1) is 17.8 Å². The van der Waals surface area contributed by atoms with Crippen molar-refractivity contribution in [1.29, 1.82) is 0 Å². The standard InChI is InChI=1S/C15H30N2O/c1-5-12(4)14(16)10-17-9-8-13(11(2)3)6-7-15(17)18/h11-14H,5-10,16H2,1-4H3. The molecule has 0 aromatic carbocycles. The highest BCUT2D eigenvalue weighted by Crippen LogP contribution is 2.25. The van der Waals surface area contributed by atoms with Crippen LogP contribution >= 0.6 is 0 Å². The van der Waals surface area contributed by atoms with E-state index in [1.165, 1.54) is 0 Å². The van der Waals surface area contributed by atoms with Crippen molar-refractivity contribution in [2.24, 2.45) is 23.5 Å². The van der Waals surface area contributed by atoms with E-state index < -0.39 is 0 Å². The first-order valence-corrected chi connectivity index (χ1v) is 7.49. The van der Waals surface area contributed by atoms with Crippen molar-refractivity contribution in [3.05, 3.63) is 0 Å². The maximum absolute atomic E-state index is 12.1. The molecule has 18 heavy (non-hydrogen) atoms. The van der Waals surface area contributed by atoms with Gasteiger partial charge in [0, 0.05) is 25.6 Å². The molecule has 1 fully saturated rings. The molecule has 3 heteroatoms. The first-order chi connectivity index (χ1) is 8.45. The molecule has 0 aromatic rings. The van der Waals surface area contributed by atoms with Gasteiger partial charge in [-0.1, -0.05) is 34.1 Å². The van der Waals surface area contributed by atoms with Gasteiger partial charge >= 0.3 is 0 Å². The highest BCUT2D eigenvalue weighted by molar-refractivity contribution is 5.76. The van der Waals surface area contributed by atoms with Crippen molar-refractivity contribution < 1.29 is 4.79 Å². The lowest BCUT2D eigenvalue weighted by atomic mass is 9.89. The fourth-order valence-corrected chi connectivity index (χ4v) is 2.65. The number of nitrogens with zero attached hydrogens (tertiary/aromatic N) is 1. The van der Waals surface area contributed by atoms with Crippen molar-refractivity contribution in [3.8, 4) is 0 Å². The topological polar surface area (TPSA) is 46.3 Å². The van der Waals surface area contributed by atoms with Crippen molar-refractivity contribution in [2.75, 3.05) is 13.1 Å². The summed E-state index contributed by atoms with van der Waals surface area (Å²) >= 11 is 0. The molecule has 1 aliphatic rings. The monoisotopic (exact) mass is 254 g/mol. The van der Waals surface area contributed by atoms with Crippen LogP contribution in [0.2, 0.25) is 0 Å². The molecule has 0 radical (unpaired) electrons. The predicted octanol–water partition coefficient (Wildman–Crippen LogP) is 2.64. The van der Waals surface area contributed by atoms with Crippen LogP contribution in [0.5, 0.6) is 0 Å². The van der Waals surface area contributed by atoms with E-state index in [2.05, 4.69) is 27.7 Å². The molecule has 0 bridgehead atoms. The Morgan fingerprint density at radius 2 is 2.00 bits per heavy atom. The first-order valence-electron chi connectivity index (χ1n) is 7.49. The van der Waals surface area contributed by atoms with Crippen molar-refractivity contribution in [3.63, 3.8) is 0 Å². The second kappa shape index (κ2) is 7.13. The van der Waals surface area contributed by atoms with E-state index in [1.54, 1.807) is 0 Å². The van der Waals surface area contributed by atoms with Crippen LogP contribution in [-0.2, 0) is 4.79 Å². The summed E-state index contributed by atoms with van der Waals surface area (Å²) in [6, 6.07) is 0.120. The summed E-state index contributed by atoms with van der Waals surface area (Å²) in [5, 5.41) is 0. The minimum absolute atomic E-state index is 0.120.